The van der Waals surface area contributed by atoms with Crippen LogP contribution < -0.4 is 0 Å². The van der Waals surface area contributed by atoms with E-state index in [0.717, 1.165) is 48.4 Å². The molecule has 1 fully saturated rings. The van der Waals surface area contributed by atoms with Crippen molar-refractivity contribution in [1.82, 2.24) is 9.80 Å². The molecule has 2 atom stereocenters. The van der Waals surface area contributed by atoms with Crippen molar-refractivity contribution >= 4 is 0 Å². The third-order valence-electron chi connectivity index (χ3n) is 8.59. The number of hydrogen-bond donors (Lipinski definition) is 2. The Bertz CT molecular complexity index is 1040. The highest BCUT2D eigenvalue weighted by Gasteiger charge is 2.32. The van der Waals surface area contributed by atoms with Crippen LogP contribution in [0.5, 0.6) is 11.5 Å². The van der Waals surface area contributed by atoms with E-state index in [1.54, 1.807) is 0 Å². The molecule has 4 heteroatoms. The number of phenolic OH excluding ortho intramolecular Hbond substituents is 2. The zero-order chi connectivity index (χ0) is 30.6. The summed E-state index contributed by atoms with van der Waals surface area (Å²) in [5, 5.41) is 22.4. The van der Waals surface area contributed by atoms with E-state index >= 15 is 0 Å². The number of rotatable bonds is 4. The van der Waals surface area contributed by atoms with Gasteiger partial charge in [0, 0.05) is 38.3 Å². The summed E-state index contributed by atoms with van der Waals surface area (Å²) < 4.78 is 0. The fourth-order valence-corrected chi connectivity index (χ4v) is 6.04. The molecule has 4 nitrogen and oxygen atoms in total. The molecule has 40 heavy (non-hydrogen) atoms. The van der Waals surface area contributed by atoms with Crippen molar-refractivity contribution in [2.75, 3.05) is 13.1 Å². The van der Waals surface area contributed by atoms with Crippen molar-refractivity contribution in [2.24, 2.45) is 0 Å². The highest BCUT2D eigenvalue weighted by Crippen LogP contribution is 2.42. The number of benzene rings is 2. The van der Waals surface area contributed by atoms with Gasteiger partial charge in [-0.3, -0.25) is 9.80 Å². The molecule has 3 rings (SSSR count). The average molecular weight is 551 g/mol. The van der Waals surface area contributed by atoms with Crippen LogP contribution in [0.3, 0.4) is 0 Å². The maximum absolute atomic E-state index is 11.2. The van der Waals surface area contributed by atoms with Crippen LogP contribution in [0, 0.1) is 0 Å². The second-order valence-electron chi connectivity index (χ2n) is 16.6. The molecule has 0 radical (unpaired) electrons. The van der Waals surface area contributed by atoms with Gasteiger partial charge in [0.15, 0.2) is 0 Å². The van der Waals surface area contributed by atoms with Crippen LogP contribution in [-0.2, 0) is 34.7 Å². The van der Waals surface area contributed by atoms with E-state index in [1.807, 2.05) is 0 Å². The third-order valence-corrected chi connectivity index (χ3v) is 8.59. The standard InChI is InChI=1S/C36H58N2O2/c1-23-19-38(22-26-17-29(35(9,10)11)32(40)30(18-26)36(12,13)14)24(2)20-37(23)21-25-15-27(33(3,4)5)31(39)28(16-25)34(6,7)8/h15-18,23-24,39-40H,19-22H2,1-14H3. The minimum atomic E-state index is -0.125. The highest BCUT2D eigenvalue weighted by atomic mass is 16.3. The van der Waals surface area contributed by atoms with Crippen LogP contribution in [0.1, 0.15) is 130 Å². The molecule has 2 aromatic carbocycles. The molecular weight excluding hydrogens is 492 g/mol. The summed E-state index contributed by atoms with van der Waals surface area (Å²) in [5.41, 5.74) is 6.19. The molecular formula is C36H58N2O2. The normalized spacial score (nSPS) is 20.2. The SMILES string of the molecule is CC1CN(Cc2cc(C(C)(C)C)c(O)c(C(C)(C)C)c2)C(C)CN1Cc1cc(C(C)(C)C)c(O)c(C(C)(C)C)c1. The maximum Gasteiger partial charge on any atom is 0.123 e. The predicted molar refractivity (Wildman–Crippen MR) is 171 cm³/mol. The topological polar surface area (TPSA) is 46.9 Å². The van der Waals surface area contributed by atoms with Gasteiger partial charge in [0.05, 0.1) is 0 Å². The predicted octanol–water partition coefficient (Wildman–Crippen LogP) is 8.38. The van der Waals surface area contributed by atoms with Crippen LogP contribution in [0.25, 0.3) is 0 Å². The van der Waals surface area contributed by atoms with Crippen LogP contribution >= 0.6 is 0 Å². The molecule has 2 N–H and O–H groups in total. The minimum Gasteiger partial charge on any atom is -0.507 e. The van der Waals surface area contributed by atoms with Gasteiger partial charge in [0.2, 0.25) is 0 Å². The van der Waals surface area contributed by atoms with Gasteiger partial charge in [-0.05, 0) is 68.9 Å². The Morgan fingerprint density at radius 1 is 0.525 bits per heavy atom. The summed E-state index contributed by atoms with van der Waals surface area (Å²) in [6.45, 7) is 34.6. The van der Waals surface area contributed by atoms with Crippen molar-refractivity contribution in [3.05, 3.63) is 57.6 Å². The summed E-state index contributed by atoms with van der Waals surface area (Å²) in [5.74, 6) is 0.904. The number of hydrogen-bond acceptors (Lipinski definition) is 4. The molecule has 2 unspecified atom stereocenters. The average Bonchev–Trinajstić information content (AvgIpc) is 2.76. The molecule has 224 valence electrons. The van der Waals surface area contributed by atoms with Gasteiger partial charge < -0.3 is 10.2 Å². The van der Waals surface area contributed by atoms with Crippen LogP contribution in [-0.4, -0.2) is 45.2 Å². The van der Waals surface area contributed by atoms with Gasteiger partial charge >= 0.3 is 0 Å². The van der Waals surface area contributed by atoms with Crippen molar-refractivity contribution in [2.45, 2.75) is 144 Å². The molecule has 0 aromatic heterocycles. The van der Waals surface area contributed by atoms with E-state index in [0.29, 0.717) is 23.6 Å². The van der Waals surface area contributed by atoms with Gasteiger partial charge in [0.1, 0.15) is 11.5 Å². The monoisotopic (exact) mass is 550 g/mol. The van der Waals surface area contributed by atoms with E-state index < -0.39 is 0 Å². The lowest BCUT2D eigenvalue weighted by molar-refractivity contribution is 0.0327. The number of aromatic hydroxyl groups is 2. The molecule has 1 saturated heterocycles. The van der Waals surface area contributed by atoms with E-state index in [-0.39, 0.29) is 21.7 Å². The Balaban J connectivity index is 1.87. The van der Waals surface area contributed by atoms with Crippen molar-refractivity contribution in [1.29, 1.82) is 0 Å². The van der Waals surface area contributed by atoms with E-state index in [9.17, 15) is 10.2 Å². The van der Waals surface area contributed by atoms with Gasteiger partial charge in [-0.2, -0.15) is 0 Å². The van der Waals surface area contributed by atoms with Gasteiger partial charge in [-0.25, -0.2) is 0 Å². The fourth-order valence-electron chi connectivity index (χ4n) is 6.04. The van der Waals surface area contributed by atoms with Crippen LogP contribution in [0.4, 0.5) is 0 Å². The van der Waals surface area contributed by atoms with Crippen LogP contribution in [0.15, 0.2) is 24.3 Å². The molecule has 0 spiro atoms. The minimum absolute atomic E-state index is 0.125. The lowest BCUT2D eigenvalue weighted by Crippen LogP contribution is -2.55. The summed E-state index contributed by atoms with van der Waals surface area (Å²) >= 11 is 0. The van der Waals surface area contributed by atoms with Gasteiger partial charge in [-0.1, -0.05) is 107 Å². The molecule has 1 aliphatic heterocycles. The Kier molecular flexibility index (Phi) is 8.92. The van der Waals surface area contributed by atoms with Gasteiger partial charge in [0.25, 0.3) is 0 Å². The zero-order valence-electron chi connectivity index (χ0n) is 28.1. The lowest BCUT2D eigenvalue weighted by atomic mass is 9.78. The maximum atomic E-state index is 11.2. The number of piperazine rings is 1. The smallest absolute Gasteiger partial charge is 0.123 e. The van der Waals surface area contributed by atoms with Crippen LogP contribution in [0.2, 0.25) is 0 Å². The quantitative estimate of drug-likeness (QED) is 0.401. The van der Waals surface area contributed by atoms with E-state index in [4.69, 9.17) is 0 Å². The molecule has 0 amide bonds. The molecule has 0 bridgehead atoms. The highest BCUT2D eigenvalue weighted by molar-refractivity contribution is 5.51. The summed E-state index contributed by atoms with van der Waals surface area (Å²) in [7, 11) is 0. The Labute approximate surface area is 245 Å². The van der Waals surface area contributed by atoms with Crippen molar-refractivity contribution < 1.29 is 10.2 Å². The Morgan fingerprint density at radius 3 is 0.950 bits per heavy atom. The first-order valence-corrected chi connectivity index (χ1v) is 15.2. The first-order chi connectivity index (χ1) is 18.0. The number of nitrogens with zero attached hydrogens (tertiary/aromatic N) is 2. The first-order valence-electron chi connectivity index (χ1n) is 15.2. The molecule has 0 saturated carbocycles. The largest absolute Gasteiger partial charge is 0.507 e. The first kappa shape index (κ1) is 32.5. The summed E-state index contributed by atoms with van der Waals surface area (Å²) in [4.78, 5) is 5.20. The van der Waals surface area contributed by atoms with Gasteiger partial charge in [-0.15, -0.1) is 0 Å². The molecule has 1 aliphatic rings. The summed E-state index contributed by atoms with van der Waals surface area (Å²) in [6.07, 6.45) is 0. The van der Waals surface area contributed by atoms with Crippen molar-refractivity contribution in [3.8, 4) is 11.5 Å². The summed E-state index contributed by atoms with van der Waals surface area (Å²) in [6, 6.07) is 9.73. The molecule has 0 aliphatic carbocycles. The molecule has 2 aromatic rings. The number of phenols is 2. The fraction of sp³-hybridized carbons (Fsp3) is 0.667. The third kappa shape index (κ3) is 7.23. The Hall–Kier alpha value is -2.04. The molecule has 1 heterocycles. The van der Waals surface area contributed by atoms with Crippen molar-refractivity contribution in [3.63, 3.8) is 0 Å². The second kappa shape index (κ2) is 11.0. The van der Waals surface area contributed by atoms with E-state index in [1.165, 1.54) is 11.1 Å². The van der Waals surface area contributed by atoms with E-state index in [2.05, 4.69) is 131 Å². The second-order valence-corrected chi connectivity index (χ2v) is 16.6. The lowest BCUT2D eigenvalue weighted by Gasteiger charge is -2.44. The zero-order valence-corrected chi connectivity index (χ0v) is 28.1. The Morgan fingerprint density at radius 2 is 0.750 bits per heavy atom.